The molecule has 4 bridgehead atoms. The fourth-order valence-corrected chi connectivity index (χ4v) is 5.83. The van der Waals surface area contributed by atoms with E-state index < -0.39 is 0 Å². The SMILES string of the molecule is Cc1ccccc1NC(C)C12CC3CC(CC(C3)C1)C2. The van der Waals surface area contributed by atoms with Crippen LogP contribution in [0.15, 0.2) is 24.3 Å². The number of anilines is 1. The minimum Gasteiger partial charge on any atom is -0.382 e. The minimum atomic E-state index is 0.594. The van der Waals surface area contributed by atoms with E-state index in [1.54, 1.807) is 0 Å². The molecule has 0 spiro atoms. The molecule has 0 aliphatic heterocycles. The lowest BCUT2D eigenvalue weighted by Crippen LogP contribution is -2.52. The highest BCUT2D eigenvalue weighted by molar-refractivity contribution is 5.51. The molecule has 1 aromatic carbocycles. The molecule has 5 rings (SSSR count). The molecule has 0 aromatic heterocycles. The van der Waals surface area contributed by atoms with Gasteiger partial charge < -0.3 is 5.32 Å². The highest BCUT2D eigenvalue weighted by Gasteiger charge is 2.53. The maximum absolute atomic E-state index is 3.87. The fraction of sp³-hybridized carbons (Fsp3) is 0.684. The van der Waals surface area contributed by atoms with Gasteiger partial charge in [0, 0.05) is 11.7 Å². The number of nitrogens with one attached hydrogen (secondary N) is 1. The molecule has 4 saturated carbocycles. The standard InChI is InChI=1S/C19H27N/c1-13-5-3-4-6-18(13)20-14(2)19-10-15-7-16(11-19)9-17(8-15)12-19/h3-6,14-17,20H,7-12H2,1-2H3. The first-order valence-electron chi connectivity index (χ1n) is 8.47. The van der Waals surface area contributed by atoms with Gasteiger partial charge >= 0.3 is 0 Å². The Kier molecular flexibility index (Phi) is 2.87. The number of rotatable bonds is 3. The number of para-hydroxylation sites is 1. The van der Waals surface area contributed by atoms with Gasteiger partial charge in [-0.3, -0.25) is 0 Å². The van der Waals surface area contributed by atoms with Crippen LogP contribution in [0.3, 0.4) is 0 Å². The lowest BCUT2D eigenvalue weighted by atomic mass is 9.48. The van der Waals surface area contributed by atoms with Crippen LogP contribution in [-0.4, -0.2) is 6.04 Å². The summed E-state index contributed by atoms with van der Waals surface area (Å²) in [7, 11) is 0. The summed E-state index contributed by atoms with van der Waals surface area (Å²) in [6, 6.07) is 9.37. The van der Waals surface area contributed by atoms with Gasteiger partial charge in [0.2, 0.25) is 0 Å². The van der Waals surface area contributed by atoms with E-state index in [0.717, 1.165) is 17.8 Å². The van der Waals surface area contributed by atoms with E-state index in [0.29, 0.717) is 11.5 Å². The molecule has 4 aliphatic rings. The Morgan fingerprint density at radius 2 is 1.55 bits per heavy atom. The van der Waals surface area contributed by atoms with Crippen molar-refractivity contribution in [2.75, 3.05) is 5.32 Å². The first kappa shape index (κ1) is 12.7. The van der Waals surface area contributed by atoms with Crippen molar-refractivity contribution >= 4 is 5.69 Å². The van der Waals surface area contributed by atoms with Gasteiger partial charge in [-0.25, -0.2) is 0 Å². The van der Waals surface area contributed by atoms with Crippen molar-refractivity contribution in [3.8, 4) is 0 Å². The van der Waals surface area contributed by atoms with Crippen LogP contribution in [0.25, 0.3) is 0 Å². The Morgan fingerprint density at radius 3 is 2.10 bits per heavy atom. The Bertz CT molecular complexity index is 469. The average Bonchev–Trinajstić information content (AvgIpc) is 2.40. The van der Waals surface area contributed by atoms with E-state index in [-0.39, 0.29) is 0 Å². The van der Waals surface area contributed by atoms with Gasteiger partial charge in [0.15, 0.2) is 0 Å². The summed E-state index contributed by atoms with van der Waals surface area (Å²) in [5.41, 5.74) is 3.32. The summed E-state index contributed by atoms with van der Waals surface area (Å²) in [5, 5.41) is 3.87. The summed E-state index contributed by atoms with van der Waals surface area (Å²) in [6.45, 7) is 4.66. The molecule has 0 radical (unpaired) electrons. The Labute approximate surface area is 123 Å². The molecular formula is C19H27N. The predicted octanol–water partition coefficient (Wildman–Crippen LogP) is 5.01. The van der Waals surface area contributed by atoms with Crippen molar-refractivity contribution in [2.45, 2.75) is 58.4 Å². The molecule has 1 aromatic rings. The van der Waals surface area contributed by atoms with Crippen LogP contribution in [0.2, 0.25) is 0 Å². The van der Waals surface area contributed by atoms with Gasteiger partial charge in [-0.1, -0.05) is 18.2 Å². The predicted molar refractivity (Wildman–Crippen MR) is 84.9 cm³/mol. The second-order valence-corrected chi connectivity index (χ2v) is 7.96. The molecule has 1 heteroatoms. The zero-order valence-corrected chi connectivity index (χ0v) is 12.9. The lowest BCUT2D eigenvalue weighted by Gasteiger charge is -2.59. The summed E-state index contributed by atoms with van der Waals surface area (Å²) in [5.74, 6) is 3.13. The molecule has 108 valence electrons. The van der Waals surface area contributed by atoms with Crippen molar-refractivity contribution in [3.63, 3.8) is 0 Å². The van der Waals surface area contributed by atoms with Crippen molar-refractivity contribution in [1.29, 1.82) is 0 Å². The third kappa shape index (κ3) is 1.98. The molecule has 20 heavy (non-hydrogen) atoms. The molecule has 1 nitrogen and oxygen atoms in total. The first-order chi connectivity index (χ1) is 9.64. The van der Waals surface area contributed by atoms with Gasteiger partial charge in [-0.05, 0) is 87.2 Å². The molecule has 1 unspecified atom stereocenters. The lowest BCUT2D eigenvalue weighted by molar-refractivity contribution is -0.0602. The second kappa shape index (κ2) is 4.51. The molecule has 0 heterocycles. The molecule has 0 saturated heterocycles. The summed E-state index contributed by atoms with van der Waals surface area (Å²) >= 11 is 0. The van der Waals surface area contributed by atoms with Gasteiger partial charge in [0.25, 0.3) is 0 Å². The fourth-order valence-electron chi connectivity index (χ4n) is 5.83. The van der Waals surface area contributed by atoms with Gasteiger partial charge in [-0.15, -0.1) is 0 Å². The monoisotopic (exact) mass is 269 g/mol. The minimum absolute atomic E-state index is 0.594. The topological polar surface area (TPSA) is 12.0 Å². The highest BCUT2D eigenvalue weighted by Crippen LogP contribution is 2.61. The van der Waals surface area contributed by atoms with Crippen molar-refractivity contribution in [2.24, 2.45) is 23.2 Å². The van der Waals surface area contributed by atoms with E-state index in [1.807, 2.05) is 0 Å². The molecule has 1 atom stereocenters. The Morgan fingerprint density at radius 1 is 1.00 bits per heavy atom. The smallest absolute Gasteiger partial charge is 0.0372 e. The van der Waals surface area contributed by atoms with E-state index in [9.17, 15) is 0 Å². The van der Waals surface area contributed by atoms with E-state index in [2.05, 4.69) is 43.4 Å². The van der Waals surface area contributed by atoms with E-state index >= 15 is 0 Å². The van der Waals surface area contributed by atoms with E-state index in [4.69, 9.17) is 0 Å². The summed E-state index contributed by atoms with van der Waals surface area (Å²) < 4.78 is 0. The van der Waals surface area contributed by atoms with Gasteiger partial charge in [0.05, 0.1) is 0 Å². The normalized spacial score (nSPS) is 39.8. The van der Waals surface area contributed by atoms with Crippen LogP contribution in [-0.2, 0) is 0 Å². The third-order valence-electron chi connectivity index (χ3n) is 6.52. The van der Waals surface area contributed by atoms with Crippen molar-refractivity contribution < 1.29 is 0 Å². The highest BCUT2D eigenvalue weighted by atomic mass is 14.9. The Balaban J connectivity index is 1.56. The number of hydrogen-bond donors (Lipinski definition) is 1. The average molecular weight is 269 g/mol. The summed E-state index contributed by atoms with van der Waals surface area (Å²) in [4.78, 5) is 0. The quantitative estimate of drug-likeness (QED) is 0.813. The molecule has 1 N–H and O–H groups in total. The van der Waals surface area contributed by atoms with Crippen molar-refractivity contribution in [3.05, 3.63) is 29.8 Å². The van der Waals surface area contributed by atoms with Crippen LogP contribution in [0.4, 0.5) is 5.69 Å². The second-order valence-electron chi connectivity index (χ2n) is 7.96. The van der Waals surface area contributed by atoms with E-state index in [1.165, 1.54) is 49.8 Å². The molecule has 0 amide bonds. The maximum Gasteiger partial charge on any atom is 0.0372 e. The molecular weight excluding hydrogens is 242 g/mol. The number of benzene rings is 1. The largest absolute Gasteiger partial charge is 0.382 e. The van der Waals surface area contributed by atoms with Crippen LogP contribution >= 0.6 is 0 Å². The molecule has 4 fully saturated rings. The third-order valence-corrected chi connectivity index (χ3v) is 6.52. The summed E-state index contributed by atoms with van der Waals surface area (Å²) in [6.07, 6.45) is 9.07. The Hall–Kier alpha value is -0.980. The molecule has 4 aliphatic carbocycles. The van der Waals surface area contributed by atoms with Gasteiger partial charge in [0.1, 0.15) is 0 Å². The number of hydrogen-bond acceptors (Lipinski definition) is 1. The zero-order chi connectivity index (χ0) is 13.7. The maximum atomic E-state index is 3.87. The van der Waals surface area contributed by atoms with Crippen LogP contribution in [0.5, 0.6) is 0 Å². The van der Waals surface area contributed by atoms with Crippen LogP contribution < -0.4 is 5.32 Å². The zero-order valence-electron chi connectivity index (χ0n) is 12.9. The first-order valence-corrected chi connectivity index (χ1v) is 8.47. The van der Waals surface area contributed by atoms with Crippen LogP contribution in [0, 0.1) is 30.1 Å². The number of aryl methyl sites for hydroxylation is 1. The van der Waals surface area contributed by atoms with Crippen LogP contribution in [0.1, 0.15) is 51.0 Å². The van der Waals surface area contributed by atoms with Gasteiger partial charge in [-0.2, -0.15) is 0 Å². The van der Waals surface area contributed by atoms with Crippen molar-refractivity contribution in [1.82, 2.24) is 0 Å².